The van der Waals surface area contributed by atoms with Crippen LogP contribution in [0.3, 0.4) is 0 Å². The SMILES string of the molecule is CCOC(CCN[C@@H](C)c1ccncc1)OCC. The smallest absolute Gasteiger partial charge is 0.158 e. The van der Waals surface area contributed by atoms with Gasteiger partial charge < -0.3 is 14.8 Å². The van der Waals surface area contributed by atoms with E-state index in [1.807, 2.05) is 38.4 Å². The molecular weight excluding hydrogens is 228 g/mol. The highest BCUT2D eigenvalue weighted by molar-refractivity contribution is 5.13. The summed E-state index contributed by atoms with van der Waals surface area (Å²) < 4.78 is 11.0. The predicted molar refractivity (Wildman–Crippen MR) is 72.3 cm³/mol. The minimum Gasteiger partial charge on any atom is -0.353 e. The molecule has 0 radical (unpaired) electrons. The topological polar surface area (TPSA) is 43.4 Å². The summed E-state index contributed by atoms with van der Waals surface area (Å²) in [5.74, 6) is 0. The second-order valence-electron chi connectivity index (χ2n) is 4.09. The van der Waals surface area contributed by atoms with Gasteiger partial charge in [0, 0.05) is 44.6 Å². The molecule has 1 aromatic rings. The van der Waals surface area contributed by atoms with E-state index in [2.05, 4.69) is 17.2 Å². The van der Waals surface area contributed by atoms with Crippen LogP contribution in [0, 0.1) is 0 Å². The molecule has 102 valence electrons. The van der Waals surface area contributed by atoms with Crippen molar-refractivity contribution in [2.45, 2.75) is 39.5 Å². The van der Waals surface area contributed by atoms with Crippen LogP contribution in [0.2, 0.25) is 0 Å². The maximum atomic E-state index is 5.50. The largest absolute Gasteiger partial charge is 0.353 e. The fourth-order valence-electron chi connectivity index (χ4n) is 1.77. The third-order valence-electron chi connectivity index (χ3n) is 2.74. The van der Waals surface area contributed by atoms with E-state index in [0.29, 0.717) is 19.3 Å². The fourth-order valence-corrected chi connectivity index (χ4v) is 1.77. The van der Waals surface area contributed by atoms with Gasteiger partial charge in [-0.2, -0.15) is 0 Å². The predicted octanol–water partition coefficient (Wildman–Crippen LogP) is 2.52. The van der Waals surface area contributed by atoms with E-state index in [1.165, 1.54) is 5.56 Å². The van der Waals surface area contributed by atoms with Crippen molar-refractivity contribution >= 4 is 0 Å². The van der Waals surface area contributed by atoms with Crippen LogP contribution in [0.25, 0.3) is 0 Å². The summed E-state index contributed by atoms with van der Waals surface area (Å²) in [5, 5.41) is 3.46. The molecule has 0 aliphatic carbocycles. The van der Waals surface area contributed by atoms with Crippen LogP contribution in [0.5, 0.6) is 0 Å². The van der Waals surface area contributed by atoms with Crippen LogP contribution in [0.4, 0.5) is 0 Å². The Kier molecular flexibility index (Phi) is 7.57. The summed E-state index contributed by atoms with van der Waals surface area (Å²) in [4.78, 5) is 4.02. The van der Waals surface area contributed by atoms with Crippen LogP contribution in [0.1, 0.15) is 38.8 Å². The standard InChI is InChI=1S/C14H24N2O2/c1-4-17-14(18-5-2)8-11-16-12(3)13-6-9-15-10-7-13/h6-7,9-10,12,14,16H,4-5,8,11H2,1-3H3/t12-/m0/s1. The first-order valence-electron chi connectivity index (χ1n) is 6.64. The molecule has 0 aliphatic heterocycles. The van der Waals surface area contributed by atoms with Gasteiger partial charge in [-0.15, -0.1) is 0 Å². The number of aromatic nitrogens is 1. The number of hydrogen-bond acceptors (Lipinski definition) is 4. The molecule has 0 saturated carbocycles. The second-order valence-corrected chi connectivity index (χ2v) is 4.09. The Morgan fingerprint density at radius 1 is 1.17 bits per heavy atom. The van der Waals surface area contributed by atoms with Crippen molar-refractivity contribution < 1.29 is 9.47 Å². The highest BCUT2D eigenvalue weighted by Gasteiger charge is 2.09. The van der Waals surface area contributed by atoms with E-state index in [0.717, 1.165) is 13.0 Å². The van der Waals surface area contributed by atoms with Crippen LogP contribution >= 0.6 is 0 Å². The van der Waals surface area contributed by atoms with Crippen molar-refractivity contribution in [1.29, 1.82) is 0 Å². The summed E-state index contributed by atoms with van der Waals surface area (Å²) in [6.45, 7) is 8.35. The molecule has 0 fully saturated rings. The van der Waals surface area contributed by atoms with Gasteiger partial charge in [-0.1, -0.05) is 0 Å². The van der Waals surface area contributed by atoms with E-state index in [1.54, 1.807) is 0 Å². The average Bonchev–Trinajstić information content (AvgIpc) is 2.40. The molecule has 4 nitrogen and oxygen atoms in total. The van der Waals surface area contributed by atoms with Gasteiger partial charge in [0.2, 0.25) is 0 Å². The molecule has 1 atom stereocenters. The molecule has 0 bridgehead atoms. The molecule has 1 aromatic heterocycles. The number of ether oxygens (including phenoxy) is 2. The van der Waals surface area contributed by atoms with Crippen molar-refractivity contribution in [3.63, 3.8) is 0 Å². The zero-order valence-electron chi connectivity index (χ0n) is 11.6. The number of rotatable bonds is 9. The Balaban J connectivity index is 2.27. The van der Waals surface area contributed by atoms with Crippen LogP contribution in [-0.4, -0.2) is 31.0 Å². The summed E-state index contributed by atoms with van der Waals surface area (Å²) in [6, 6.07) is 4.37. The normalized spacial score (nSPS) is 12.9. The van der Waals surface area contributed by atoms with Crippen molar-refractivity contribution in [3.8, 4) is 0 Å². The van der Waals surface area contributed by atoms with Crippen LogP contribution in [-0.2, 0) is 9.47 Å². The Hall–Kier alpha value is -0.970. The number of hydrogen-bond donors (Lipinski definition) is 1. The maximum absolute atomic E-state index is 5.50. The number of pyridine rings is 1. The molecule has 4 heteroatoms. The molecule has 18 heavy (non-hydrogen) atoms. The highest BCUT2D eigenvalue weighted by Crippen LogP contribution is 2.10. The van der Waals surface area contributed by atoms with E-state index >= 15 is 0 Å². The van der Waals surface area contributed by atoms with Gasteiger partial charge in [-0.05, 0) is 38.5 Å². The molecule has 0 amide bonds. The van der Waals surface area contributed by atoms with Crippen molar-refractivity contribution in [2.24, 2.45) is 0 Å². The zero-order valence-corrected chi connectivity index (χ0v) is 11.6. The van der Waals surface area contributed by atoms with E-state index < -0.39 is 0 Å². The lowest BCUT2D eigenvalue weighted by Gasteiger charge is -2.19. The summed E-state index contributed by atoms with van der Waals surface area (Å²) in [6.07, 6.45) is 4.39. The third-order valence-corrected chi connectivity index (χ3v) is 2.74. The fraction of sp³-hybridized carbons (Fsp3) is 0.643. The summed E-state index contributed by atoms with van der Waals surface area (Å²) in [5.41, 5.74) is 1.24. The molecular formula is C14H24N2O2. The monoisotopic (exact) mass is 252 g/mol. The van der Waals surface area contributed by atoms with Gasteiger partial charge >= 0.3 is 0 Å². The lowest BCUT2D eigenvalue weighted by Crippen LogP contribution is -2.26. The molecule has 0 unspecified atom stereocenters. The molecule has 1 heterocycles. The number of nitrogens with zero attached hydrogens (tertiary/aromatic N) is 1. The first-order chi connectivity index (χ1) is 8.77. The van der Waals surface area contributed by atoms with E-state index in [9.17, 15) is 0 Å². The van der Waals surface area contributed by atoms with Crippen LogP contribution < -0.4 is 5.32 Å². The number of nitrogens with one attached hydrogen (secondary N) is 1. The van der Waals surface area contributed by atoms with Gasteiger partial charge in [0.15, 0.2) is 6.29 Å². The Labute approximate surface area is 110 Å². The van der Waals surface area contributed by atoms with Gasteiger partial charge in [-0.3, -0.25) is 4.98 Å². The van der Waals surface area contributed by atoms with Gasteiger partial charge in [-0.25, -0.2) is 0 Å². The highest BCUT2D eigenvalue weighted by atomic mass is 16.7. The Bertz CT molecular complexity index is 300. The molecule has 0 aliphatic rings. The van der Waals surface area contributed by atoms with Crippen molar-refractivity contribution in [3.05, 3.63) is 30.1 Å². The molecule has 0 spiro atoms. The van der Waals surface area contributed by atoms with Crippen molar-refractivity contribution in [1.82, 2.24) is 10.3 Å². The minimum atomic E-state index is -0.0999. The lowest BCUT2D eigenvalue weighted by molar-refractivity contribution is -0.138. The first kappa shape index (κ1) is 15.1. The van der Waals surface area contributed by atoms with E-state index in [-0.39, 0.29) is 6.29 Å². The molecule has 1 rings (SSSR count). The Morgan fingerprint density at radius 2 is 1.78 bits per heavy atom. The molecule has 0 aromatic carbocycles. The maximum Gasteiger partial charge on any atom is 0.158 e. The summed E-state index contributed by atoms with van der Waals surface area (Å²) >= 11 is 0. The summed E-state index contributed by atoms with van der Waals surface area (Å²) in [7, 11) is 0. The lowest BCUT2D eigenvalue weighted by atomic mass is 10.1. The average molecular weight is 252 g/mol. The first-order valence-corrected chi connectivity index (χ1v) is 6.64. The second kappa shape index (κ2) is 9.03. The Morgan fingerprint density at radius 3 is 2.33 bits per heavy atom. The molecule has 1 N–H and O–H groups in total. The quantitative estimate of drug-likeness (QED) is 0.686. The van der Waals surface area contributed by atoms with Gasteiger partial charge in [0.25, 0.3) is 0 Å². The van der Waals surface area contributed by atoms with E-state index in [4.69, 9.17) is 9.47 Å². The van der Waals surface area contributed by atoms with Crippen molar-refractivity contribution in [2.75, 3.05) is 19.8 Å². The third kappa shape index (κ3) is 5.58. The zero-order chi connectivity index (χ0) is 13.2. The van der Waals surface area contributed by atoms with Gasteiger partial charge in [0.1, 0.15) is 0 Å². The van der Waals surface area contributed by atoms with Gasteiger partial charge in [0.05, 0.1) is 0 Å². The molecule has 0 saturated heterocycles. The van der Waals surface area contributed by atoms with Crippen LogP contribution in [0.15, 0.2) is 24.5 Å². The minimum absolute atomic E-state index is 0.0999.